The van der Waals surface area contributed by atoms with E-state index in [9.17, 15) is 14.3 Å². The molecule has 1 atom stereocenters. The highest BCUT2D eigenvalue weighted by Crippen LogP contribution is 2.17. The Morgan fingerprint density at radius 2 is 2.05 bits per heavy atom. The average Bonchev–Trinajstić information content (AvgIpc) is 2.86. The van der Waals surface area contributed by atoms with Gasteiger partial charge >= 0.3 is 5.82 Å². The first-order valence-corrected chi connectivity index (χ1v) is 7.61. The molecule has 0 N–H and O–H groups in total. The number of hydrogen-bond donors (Lipinski definition) is 0. The van der Waals surface area contributed by atoms with Crippen molar-refractivity contribution in [3.8, 4) is 5.75 Å². The molecule has 1 unspecified atom stereocenters. The molecule has 0 aliphatic carbocycles. The monoisotopic (exact) mass is 309 g/mol. The second-order valence-electron chi connectivity index (χ2n) is 4.24. The molecule has 7 nitrogen and oxygen atoms in total. The van der Waals surface area contributed by atoms with Gasteiger partial charge < -0.3 is 14.9 Å². The molecule has 0 saturated heterocycles. The van der Waals surface area contributed by atoms with E-state index in [0.717, 1.165) is 4.90 Å². The summed E-state index contributed by atoms with van der Waals surface area (Å²) in [6, 6.07) is 6.94. The summed E-state index contributed by atoms with van der Waals surface area (Å²) >= 11 is 0. The van der Waals surface area contributed by atoms with Crippen molar-refractivity contribution >= 4 is 16.6 Å². The van der Waals surface area contributed by atoms with Gasteiger partial charge in [-0.3, -0.25) is 4.21 Å². The molecule has 0 bridgehead atoms. The standard InChI is InChI=1S/C13H15N3O4S/c1-3-21(19)11-6-4-10(5-7-11)20-9-12-14-8-13(15(12)2)16(17)18/h4-8H,3,9H2,1-2H3. The third kappa shape index (κ3) is 3.46. The van der Waals surface area contributed by atoms with E-state index in [2.05, 4.69) is 4.98 Å². The van der Waals surface area contributed by atoms with Gasteiger partial charge in [-0.15, -0.1) is 0 Å². The van der Waals surface area contributed by atoms with Gasteiger partial charge in [-0.25, -0.2) is 9.55 Å². The van der Waals surface area contributed by atoms with Crippen LogP contribution in [0.25, 0.3) is 0 Å². The Labute approximate surface area is 124 Å². The molecule has 0 spiro atoms. The van der Waals surface area contributed by atoms with E-state index >= 15 is 0 Å². The van der Waals surface area contributed by atoms with Gasteiger partial charge in [0.15, 0.2) is 6.61 Å². The number of nitrogens with zero attached hydrogens (tertiary/aromatic N) is 3. The first-order valence-electron chi connectivity index (χ1n) is 6.29. The Morgan fingerprint density at radius 1 is 1.38 bits per heavy atom. The third-order valence-corrected chi connectivity index (χ3v) is 4.29. The van der Waals surface area contributed by atoms with Crippen LogP contribution < -0.4 is 4.74 Å². The summed E-state index contributed by atoms with van der Waals surface area (Å²) in [7, 11) is 0.576. The molecule has 0 saturated carbocycles. The fourth-order valence-electron chi connectivity index (χ4n) is 1.74. The van der Waals surface area contributed by atoms with Gasteiger partial charge in [0, 0.05) is 10.6 Å². The minimum Gasteiger partial charge on any atom is -0.483 e. The molecular weight excluding hydrogens is 294 g/mol. The maximum absolute atomic E-state index is 11.6. The highest BCUT2D eigenvalue weighted by molar-refractivity contribution is 7.85. The predicted octanol–water partition coefficient (Wildman–Crippen LogP) is 2.03. The zero-order valence-electron chi connectivity index (χ0n) is 11.7. The maximum atomic E-state index is 11.6. The Kier molecular flexibility index (Phi) is 4.69. The van der Waals surface area contributed by atoms with Crippen LogP contribution in [-0.4, -0.2) is 24.4 Å². The minimum atomic E-state index is -0.991. The first kappa shape index (κ1) is 15.2. The van der Waals surface area contributed by atoms with Crippen LogP contribution in [0, 0.1) is 10.1 Å². The molecule has 21 heavy (non-hydrogen) atoms. The topological polar surface area (TPSA) is 87.3 Å². The second-order valence-corrected chi connectivity index (χ2v) is 5.98. The van der Waals surface area contributed by atoms with Crippen molar-refractivity contribution in [1.29, 1.82) is 0 Å². The van der Waals surface area contributed by atoms with Gasteiger partial charge in [-0.1, -0.05) is 6.92 Å². The van der Waals surface area contributed by atoms with Crippen LogP contribution in [0.4, 0.5) is 5.82 Å². The molecule has 0 aliphatic rings. The number of rotatable bonds is 6. The van der Waals surface area contributed by atoms with Gasteiger partial charge in [-0.05, 0) is 29.2 Å². The van der Waals surface area contributed by atoms with Gasteiger partial charge in [-0.2, -0.15) is 0 Å². The normalized spacial score (nSPS) is 12.1. The number of ether oxygens (including phenoxy) is 1. The van der Waals surface area contributed by atoms with Crippen LogP contribution in [-0.2, 0) is 24.5 Å². The van der Waals surface area contributed by atoms with Crippen molar-refractivity contribution in [3.63, 3.8) is 0 Å². The largest absolute Gasteiger partial charge is 0.483 e. The molecule has 0 radical (unpaired) electrons. The maximum Gasteiger partial charge on any atom is 0.342 e. The van der Waals surface area contributed by atoms with Crippen LogP contribution in [0.5, 0.6) is 5.75 Å². The zero-order valence-corrected chi connectivity index (χ0v) is 12.5. The summed E-state index contributed by atoms with van der Waals surface area (Å²) < 4.78 is 18.5. The number of aromatic nitrogens is 2. The average molecular weight is 309 g/mol. The van der Waals surface area contributed by atoms with Crippen molar-refractivity contribution in [3.05, 3.63) is 46.4 Å². The summed E-state index contributed by atoms with van der Waals surface area (Å²) in [6.45, 7) is 1.98. The molecular formula is C13H15N3O4S. The molecule has 2 rings (SSSR count). The number of benzene rings is 1. The van der Waals surface area contributed by atoms with E-state index in [1.807, 2.05) is 6.92 Å². The predicted molar refractivity (Wildman–Crippen MR) is 77.6 cm³/mol. The highest BCUT2D eigenvalue weighted by atomic mass is 32.2. The molecule has 2 aromatic rings. The Morgan fingerprint density at radius 3 is 2.57 bits per heavy atom. The van der Waals surface area contributed by atoms with Gasteiger partial charge in [0.1, 0.15) is 11.9 Å². The molecule has 0 amide bonds. The molecule has 0 fully saturated rings. The second kappa shape index (κ2) is 6.49. The van der Waals surface area contributed by atoms with E-state index in [1.54, 1.807) is 31.3 Å². The van der Waals surface area contributed by atoms with E-state index in [4.69, 9.17) is 4.74 Å². The van der Waals surface area contributed by atoms with Gasteiger partial charge in [0.05, 0.1) is 17.8 Å². The van der Waals surface area contributed by atoms with Crippen LogP contribution in [0.2, 0.25) is 0 Å². The summed E-state index contributed by atoms with van der Waals surface area (Å²) in [6.07, 6.45) is 1.20. The van der Waals surface area contributed by atoms with Crippen molar-refractivity contribution in [1.82, 2.24) is 9.55 Å². The van der Waals surface area contributed by atoms with Crippen molar-refractivity contribution < 1.29 is 13.9 Å². The lowest BCUT2D eigenvalue weighted by Crippen LogP contribution is -2.05. The van der Waals surface area contributed by atoms with Crippen molar-refractivity contribution in [2.75, 3.05) is 5.75 Å². The van der Waals surface area contributed by atoms with Crippen LogP contribution >= 0.6 is 0 Å². The number of nitro groups is 1. The molecule has 112 valence electrons. The lowest BCUT2D eigenvalue weighted by molar-refractivity contribution is -0.391. The van der Waals surface area contributed by atoms with E-state index < -0.39 is 15.7 Å². The Balaban J connectivity index is 2.03. The lowest BCUT2D eigenvalue weighted by Gasteiger charge is -2.05. The molecule has 1 aromatic heterocycles. The molecule has 8 heteroatoms. The van der Waals surface area contributed by atoms with E-state index in [0.29, 0.717) is 17.3 Å². The van der Waals surface area contributed by atoms with Crippen LogP contribution in [0.1, 0.15) is 12.7 Å². The van der Waals surface area contributed by atoms with Crippen molar-refractivity contribution in [2.45, 2.75) is 18.4 Å². The van der Waals surface area contributed by atoms with E-state index in [1.165, 1.54) is 10.8 Å². The van der Waals surface area contributed by atoms with Crippen LogP contribution in [0.3, 0.4) is 0 Å². The molecule has 1 aromatic carbocycles. The highest BCUT2D eigenvalue weighted by Gasteiger charge is 2.16. The number of imidazole rings is 1. The van der Waals surface area contributed by atoms with Gasteiger partial charge in [0.2, 0.25) is 5.82 Å². The zero-order chi connectivity index (χ0) is 15.4. The summed E-state index contributed by atoms with van der Waals surface area (Å²) in [4.78, 5) is 14.9. The van der Waals surface area contributed by atoms with Crippen molar-refractivity contribution in [2.24, 2.45) is 7.05 Å². The van der Waals surface area contributed by atoms with E-state index in [-0.39, 0.29) is 12.4 Å². The Bertz CT molecular complexity index is 667. The fraction of sp³-hybridized carbons (Fsp3) is 0.308. The fourth-order valence-corrected chi connectivity index (χ4v) is 2.52. The number of hydrogen-bond acceptors (Lipinski definition) is 5. The first-order chi connectivity index (χ1) is 10.0. The minimum absolute atomic E-state index is 0.0812. The SMILES string of the molecule is CCS(=O)c1ccc(OCc2ncc([N+](=O)[O-])n2C)cc1. The lowest BCUT2D eigenvalue weighted by atomic mass is 10.3. The smallest absolute Gasteiger partial charge is 0.342 e. The molecule has 1 heterocycles. The third-order valence-electron chi connectivity index (χ3n) is 2.96. The summed E-state index contributed by atoms with van der Waals surface area (Å²) in [5.41, 5.74) is 0. The van der Waals surface area contributed by atoms with Crippen LogP contribution in [0.15, 0.2) is 35.4 Å². The Hall–Kier alpha value is -2.22. The summed E-state index contributed by atoms with van der Waals surface area (Å²) in [5, 5.41) is 10.7. The molecule has 0 aliphatic heterocycles. The quantitative estimate of drug-likeness (QED) is 0.602. The van der Waals surface area contributed by atoms with Gasteiger partial charge in [0.25, 0.3) is 0 Å². The summed E-state index contributed by atoms with van der Waals surface area (Å²) in [5.74, 6) is 1.54.